The molecular formula is C23H30N6. The Morgan fingerprint density at radius 1 is 1.03 bits per heavy atom. The second kappa shape index (κ2) is 8.35. The lowest BCUT2D eigenvalue weighted by Gasteiger charge is -2.27. The predicted octanol–water partition coefficient (Wildman–Crippen LogP) is 2.58. The van der Waals surface area contributed by atoms with E-state index in [1.807, 2.05) is 17.6 Å². The molecule has 0 unspecified atom stereocenters. The number of pyridine rings is 1. The minimum atomic E-state index is 0.454. The molecule has 0 spiro atoms. The second-order valence-corrected chi connectivity index (χ2v) is 7.81. The van der Waals surface area contributed by atoms with Crippen molar-refractivity contribution in [2.75, 3.05) is 33.2 Å². The molecule has 3 aromatic rings. The van der Waals surface area contributed by atoms with E-state index in [0.29, 0.717) is 5.49 Å². The monoisotopic (exact) mass is 390 g/mol. The van der Waals surface area contributed by atoms with Crippen LogP contribution in [0.15, 0.2) is 47.5 Å². The topological polar surface area (TPSA) is 61.3 Å². The number of aliphatic imine (C=N–C) groups is 1. The van der Waals surface area contributed by atoms with E-state index in [1.165, 1.54) is 16.8 Å². The molecule has 0 saturated carbocycles. The Morgan fingerprint density at radius 3 is 2.48 bits per heavy atom. The molecule has 1 aromatic carbocycles. The molecule has 0 atom stereocenters. The highest BCUT2D eigenvalue weighted by atomic mass is 15.2. The maximum atomic E-state index is 8.30. The van der Waals surface area contributed by atoms with Crippen LogP contribution in [-0.2, 0) is 13.1 Å². The number of fused-ring (bicyclic) bond motifs is 1. The van der Waals surface area contributed by atoms with Crippen LogP contribution >= 0.6 is 0 Å². The highest BCUT2D eigenvalue weighted by Crippen LogP contribution is 2.21. The molecule has 0 aliphatic carbocycles. The number of nitrogens with one attached hydrogen (secondary N) is 2. The molecule has 29 heavy (non-hydrogen) atoms. The number of hydrogen-bond donors (Lipinski definition) is 2. The number of hydrogen-bond acceptors (Lipinski definition) is 4. The first-order valence-corrected chi connectivity index (χ1v) is 10.3. The van der Waals surface area contributed by atoms with Gasteiger partial charge in [0.15, 0.2) is 0 Å². The first-order chi connectivity index (χ1) is 14.1. The number of rotatable bonds is 4. The van der Waals surface area contributed by atoms with Crippen LogP contribution in [0.25, 0.3) is 11.0 Å². The van der Waals surface area contributed by atoms with Crippen LogP contribution < -0.4 is 10.8 Å². The second-order valence-electron chi connectivity index (χ2n) is 7.81. The number of benzene rings is 1. The van der Waals surface area contributed by atoms with Gasteiger partial charge in [0.25, 0.3) is 0 Å². The standard InChI is InChI=1S/C23H30N6/c1-17-13-22-21(7-8-23(24)29(22)18(2)25-3)28(17)16-20-6-4-5-19(14-20)15-27-11-9-26-10-12-27/h4-8,13-14,24,26H,9-12,15-16H2,1-3H3. The quantitative estimate of drug-likeness (QED) is 0.531. The van der Waals surface area contributed by atoms with Gasteiger partial charge in [-0.15, -0.1) is 0 Å². The van der Waals surface area contributed by atoms with Gasteiger partial charge >= 0.3 is 0 Å². The summed E-state index contributed by atoms with van der Waals surface area (Å²) in [5.41, 5.74) is 6.49. The Kier molecular flexibility index (Phi) is 5.65. The summed E-state index contributed by atoms with van der Waals surface area (Å²) >= 11 is 0. The Balaban J connectivity index is 1.65. The summed E-state index contributed by atoms with van der Waals surface area (Å²) in [5.74, 6) is 0.829. The Morgan fingerprint density at radius 2 is 1.76 bits per heavy atom. The minimum Gasteiger partial charge on any atom is -0.339 e. The molecule has 3 heterocycles. The first kappa shape index (κ1) is 19.6. The van der Waals surface area contributed by atoms with Crippen molar-refractivity contribution < 1.29 is 0 Å². The average molecular weight is 391 g/mol. The summed E-state index contributed by atoms with van der Waals surface area (Å²) in [6.07, 6.45) is 0. The predicted molar refractivity (Wildman–Crippen MR) is 119 cm³/mol. The molecule has 1 saturated heterocycles. The highest BCUT2D eigenvalue weighted by Gasteiger charge is 2.13. The minimum absolute atomic E-state index is 0.454. The van der Waals surface area contributed by atoms with E-state index >= 15 is 0 Å². The number of aryl methyl sites for hydroxylation is 1. The van der Waals surface area contributed by atoms with E-state index in [4.69, 9.17) is 5.41 Å². The van der Waals surface area contributed by atoms with Crippen molar-refractivity contribution in [3.63, 3.8) is 0 Å². The zero-order valence-corrected chi connectivity index (χ0v) is 17.6. The highest BCUT2D eigenvalue weighted by molar-refractivity contribution is 5.92. The van der Waals surface area contributed by atoms with Crippen LogP contribution in [0.5, 0.6) is 0 Å². The van der Waals surface area contributed by atoms with Gasteiger partial charge in [-0.05, 0) is 43.2 Å². The van der Waals surface area contributed by atoms with Crippen LogP contribution in [0, 0.1) is 12.3 Å². The van der Waals surface area contributed by atoms with Gasteiger partial charge in [-0.2, -0.15) is 0 Å². The fourth-order valence-corrected chi connectivity index (χ4v) is 4.19. The average Bonchev–Trinajstić information content (AvgIpc) is 3.03. The lowest BCUT2D eigenvalue weighted by atomic mass is 10.1. The molecule has 6 nitrogen and oxygen atoms in total. The van der Waals surface area contributed by atoms with Crippen LogP contribution in [0.3, 0.4) is 0 Å². The molecule has 4 rings (SSSR count). The van der Waals surface area contributed by atoms with Gasteiger partial charge in [0.2, 0.25) is 0 Å². The van der Waals surface area contributed by atoms with Crippen LogP contribution in [-0.4, -0.2) is 53.1 Å². The summed E-state index contributed by atoms with van der Waals surface area (Å²) in [6, 6.07) is 15.0. The molecule has 1 fully saturated rings. The van der Waals surface area contributed by atoms with Gasteiger partial charge < -0.3 is 9.88 Å². The summed E-state index contributed by atoms with van der Waals surface area (Å²) in [6.45, 7) is 10.3. The zero-order chi connectivity index (χ0) is 20.4. The van der Waals surface area contributed by atoms with E-state index in [9.17, 15) is 0 Å². The van der Waals surface area contributed by atoms with Gasteiger partial charge in [-0.3, -0.25) is 19.9 Å². The van der Waals surface area contributed by atoms with E-state index in [-0.39, 0.29) is 0 Å². The summed E-state index contributed by atoms with van der Waals surface area (Å²) in [5, 5.41) is 11.7. The summed E-state index contributed by atoms with van der Waals surface area (Å²) < 4.78 is 4.25. The lowest BCUT2D eigenvalue weighted by Crippen LogP contribution is -2.42. The molecule has 6 heteroatoms. The smallest absolute Gasteiger partial charge is 0.130 e. The van der Waals surface area contributed by atoms with Crippen LogP contribution in [0.2, 0.25) is 0 Å². The molecule has 2 N–H and O–H groups in total. The number of piperazine rings is 1. The third kappa shape index (κ3) is 4.04. The molecule has 152 valence electrons. The van der Waals surface area contributed by atoms with Crippen LogP contribution in [0.1, 0.15) is 23.7 Å². The molecule has 0 amide bonds. The zero-order valence-electron chi connectivity index (χ0n) is 17.6. The Bertz CT molecular complexity index is 1100. The van der Waals surface area contributed by atoms with Crippen molar-refractivity contribution in [2.24, 2.45) is 4.99 Å². The van der Waals surface area contributed by atoms with Crippen LogP contribution in [0.4, 0.5) is 0 Å². The number of nitrogens with zero attached hydrogens (tertiary/aromatic N) is 4. The van der Waals surface area contributed by atoms with Crippen molar-refractivity contribution in [2.45, 2.75) is 26.9 Å². The van der Waals surface area contributed by atoms with Crippen molar-refractivity contribution in [3.05, 3.63) is 64.8 Å². The number of aromatic nitrogens is 2. The Hall–Kier alpha value is -2.70. The molecule has 2 aromatic heterocycles. The van der Waals surface area contributed by atoms with Gasteiger partial charge in [0, 0.05) is 52.0 Å². The fourth-order valence-electron chi connectivity index (χ4n) is 4.19. The van der Waals surface area contributed by atoms with Gasteiger partial charge in [0.05, 0.1) is 11.0 Å². The van der Waals surface area contributed by atoms with Gasteiger partial charge in [0.1, 0.15) is 11.3 Å². The maximum absolute atomic E-state index is 8.30. The third-order valence-corrected chi connectivity index (χ3v) is 5.80. The normalized spacial score (nSPS) is 15.9. The molecular weight excluding hydrogens is 360 g/mol. The van der Waals surface area contributed by atoms with Gasteiger partial charge in [-0.25, -0.2) is 0 Å². The van der Waals surface area contributed by atoms with Crippen molar-refractivity contribution in [1.82, 2.24) is 19.4 Å². The Labute approximate surface area is 172 Å². The largest absolute Gasteiger partial charge is 0.339 e. The maximum Gasteiger partial charge on any atom is 0.130 e. The molecule has 1 aliphatic heterocycles. The van der Waals surface area contributed by atoms with E-state index in [1.54, 1.807) is 7.05 Å². The molecule has 0 radical (unpaired) electrons. The lowest BCUT2D eigenvalue weighted by molar-refractivity contribution is 0.233. The molecule has 0 bridgehead atoms. The summed E-state index contributed by atoms with van der Waals surface area (Å²) in [7, 11) is 1.77. The van der Waals surface area contributed by atoms with Crippen molar-refractivity contribution >= 4 is 16.9 Å². The SMILES string of the molecule is CN=C(C)n1c(=N)ccc2c1cc(C)n2Cc1cccc(CN2CCNCC2)c1. The summed E-state index contributed by atoms with van der Waals surface area (Å²) in [4.78, 5) is 6.81. The molecule has 1 aliphatic rings. The van der Waals surface area contributed by atoms with Crippen molar-refractivity contribution in [3.8, 4) is 0 Å². The first-order valence-electron chi connectivity index (χ1n) is 10.3. The van der Waals surface area contributed by atoms with Gasteiger partial charge in [-0.1, -0.05) is 24.3 Å². The third-order valence-electron chi connectivity index (χ3n) is 5.80. The van der Waals surface area contributed by atoms with E-state index in [0.717, 1.165) is 56.1 Å². The van der Waals surface area contributed by atoms with E-state index in [2.05, 4.69) is 63.1 Å². The fraction of sp³-hybridized carbons (Fsp3) is 0.391. The van der Waals surface area contributed by atoms with E-state index < -0.39 is 0 Å². The van der Waals surface area contributed by atoms with Crippen molar-refractivity contribution in [1.29, 1.82) is 5.41 Å².